The van der Waals surface area contributed by atoms with E-state index in [-0.39, 0.29) is 0 Å². The molecule has 3 nitrogen and oxygen atoms in total. The second kappa shape index (κ2) is 11.0. The van der Waals surface area contributed by atoms with Crippen molar-refractivity contribution < 1.29 is 4.74 Å². The Labute approximate surface area is 108 Å². The SMILES string of the molecule is CCOCCCNCC(C)N(CC)CC(C)C. The Morgan fingerprint density at radius 1 is 1.18 bits per heavy atom. The Balaban J connectivity index is 3.57. The van der Waals surface area contributed by atoms with Crippen molar-refractivity contribution in [3.63, 3.8) is 0 Å². The highest BCUT2D eigenvalue weighted by atomic mass is 16.5. The van der Waals surface area contributed by atoms with Crippen LogP contribution < -0.4 is 5.32 Å². The lowest BCUT2D eigenvalue weighted by molar-refractivity contribution is 0.143. The predicted octanol–water partition coefficient (Wildman–Crippen LogP) is 2.37. The van der Waals surface area contributed by atoms with E-state index in [1.54, 1.807) is 0 Å². The van der Waals surface area contributed by atoms with Crippen LogP contribution in [-0.2, 0) is 4.74 Å². The van der Waals surface area contributed by atoms with Gasteiger partial charge < -0.3 is 10.1 Å². The van der Waals surface area contributed by atoms with Crippen molar-refractivity contribution in [2.45, 2.75) is 47.1 Å². The monoisotopic (exact) mass is 244 g/mol. The van der Waals surface area contributed by atoms with E-state index < -0.39 is 0 Å². The molecule has 1 atom stereocenters. The smallest absolute Gasteiger partial charge is 0.0477 e. The summed E-state index contributed by atoms with van der Waals surface area (Å²) in [7, 11) is 0. The van der Waals surface area contributed by atoms with E-state index in [2.05, 4.69) is 37.9 Å². The summed E-state index contributed by atoms with van der Waals surface area (Å²) in [6, 6.07) is 0.620. The molecule has 0 aliphatic carbocycles. The van der Waals surface area contributed by atoms with Gasteiger partial charge in [0.15, 0.2) is 0 Å². The molecule has 0 heterocycles. The molecule has 1 unspecified atom stereocenters. The number of likely N-dealkylation sites (N-methyl/N-ethyl adjacent to an activating group) is 1. The third kappa shape index (κ3) is 9.57. The second-order valence-electron chi connectivity index (χ2n) is 5.09. The molecule has 0 spiro atoms. The van der Waals surface area contributed by atoms with Gasteiger partial charge in [-0.3, -0.25) is 4.90 Å². The number of nitrogens with zero attached hydrogens (tertiary/aromatic N) is 1. The minimum Gasteiger partial charge on any atom is -0.382 e. The molecule has 0 radical (unpaired) electrons. The van der Waals surface area contributed by atoms with Crippen LogP contribution >= 0.6 is 0 Å². The van der Waals surface area contributed by atoms with Crippen LogP contribution in [0.3, 0.4) is 0 Å². The second-order valence-corrected chi connectivity index (χ2v) is 5.09. The molecule has 17 heavy (non-hydrogen) atoms. The fourth-order valence-corrected chi connectivity index (χ4v) is 1.97. The van der Waals surface area contributed by atoms with Crippen LogP contribution in [0.15, 0.2) is 0 Å². The number of hydrogen-bond acceptors (Lipinski definition) is 3. The van der Waals surface area contributed by atoms with Gasteiger partial charge in [-0.25, -0.2) is 0 Å². The molecule has 0 aromatic heterocycles. The first-order chi connectivity index (χ1) is 8.11. The fourth-order valence-electron chi connectivity index (χ4n) is 1.97. The summed E-state index contributed by atoms with van der Waals surface area (Å²) in [6.07, 6.45) is 1.11. The molecule has 0 rings (SSSR count). The Morgan fingerprint density at radius 2 is 1.88 bits per heavy atom. The Morgan fingerprint density at radius 3 is 2.41 bits per heavy atom. The third-order valence-electron chi connectivity index (χ3n) is 2.92. The number of rotatable bonds is 11. The molecular weight excluding hydrogens is 212 g/mol. The fraction of sp³-hybridized carbons (Fsp3) is 1.00. The molecule has 0 amide bonds. The average molecular weight is 244 g/mol. The molecule has 0 aromatic rings. The van der Waals surface area contributed by atoms with E-state index in [1.807, 2.05) is 6.92 Å². The lowest BCUT2D eigenvalue weighted by Gasteiger charge is -2.29. The predicted molar refractivity (Wildman–Crippen MR) is 75.5 cm³/mol. The standard InChI is InChI=1S/C14H32N2O/c1-6-16(12-13(3)4)14(5)11-15-9-8-10-17-7-2/h13-15H,6-12H2,1-5H3. The van der Waals surface area contributed by atoms with E-state index in [0.29, 0.717) is 6.04 Å². The van der Waals surface area contributed by atoms with Gasteiger partial charge >= 0.3 is 0 Å². The molecule has 104 valence electrons. The summed E-state index contributed by atoms with van der Waals surface area (Å²) in [5, 5.41) is 3.51. The largest absolute Gasteiger partial charge is 0.382 e. The quantitative estimate of drug-likeness (QED) is 0.565. The highest BCUT2D eigenvalue weighted by molar-refractivity contribution is 4.69. The zero-order valence-corrected chi connectivity index (χ0v) is 12.5. The van der Waals surface area contributed by atoms with Crippen molar-refractivity contribution in [2.75, 3.05) is 39.4 Å². The van der Waals surface area contributed by atoms with Gasteiger partial charge in [-0.15, -0.1) is 0 Å². The van der Waals surface area contributed by atoms with Gasteiger partial charge in [0.2, 0.25) is 0 Å². The summed E-state index contributed by atoms with van der Waals surface area (Å²) < 4.78 is 5.31. The molecule has 0 aromatic carbocycles. The van der Waals surface area contributed by atoms with Gasteiger partial charge in [0.25, 0.3) is 0 Å². The summed E-state index contributed by atoms with van der Waals surface area (Å²) in [4.78, 5) is 2.54. The van der Waals surface area contributed by atoms with Crippen LogP contribution in [0.5, 0.6) is 0 Å². The third-order valence-corrected chi connectivity index (χ3v) is 2.92. The van der Waals surface area contributed by atoms with Crippen LogP contribution in [0.1, 0.15) is 41.0 Å². The molecule has 0 aliphatic heterocycles. The number of nitrogens with one attached hydrogen (secondary N) is 1. The van der Waals surface area contributed by atoms with Crippen molar-refractivity contribution >= 4 is 0 Å². The summed E-state index contributed by atoms with van der Waals surface area (Å²) in [5.41, 5.74) is 0. The molecule has 0 aliphatic rings. The van der Waals surface area contributed by atoms with Gasteiger partial charge in [0.05, 0.1) is 0 Å². The zero-order chi connectivity index (χ0) is 13.1. The average Bonchev–Trinajstić information content (AvgIpc) is 2.30. The number of ether oxygens (including phenoxy) is 1. The highest BCUT2D eigenvalue weighted by Gasteiger charge is 2.12. The minimum absolute atomic E-state index is 0.620. The van der Waals surface area contributed by atoms with Gasteiger partial charge in [0.1, 0.15) is 0 Å². The Hall–Kier alpha value is -0.120. The van der Waals surface area contributed by atoms with Crippen LogP contribution in [-0.4, -0.2) is 50.3 Å². The van der Waals surface area contributed by atoms with E-state index >= 15 is 0 Å². The topological polar surface area (TPSA) is 24.5 Å². The molecule has 0 saturated carbocycles. The number of hydrogen-bond donors (Lipinski definition) is 1. The van der Waals surface area contributed by atoms with Crippen molar-refractivity contribution in [3.8, 4) is 0 Å². The van der Waals surface area contributed by atoms with E-state index in [1.165, 1.54) is 6.54 Å². The van der Waals surface area contributed by atoms with Crippen LogP contribution in [0.25, 0.3) is 0 Å². The first kappa shape index (κ1) is 16.9. The normalized spacial score (nSPS) is 13.6. The van der Waals surface area contributed by atoms with E-state index in [4.69, 9.17) is 4.74 Å². The highest BCUT2D eigenvalue weighted by Crippen LogP contribution is 2.03. The van der Waals surface area contributed by atoms with Crippen molar-refractivity contribution in [1.29, 1.82) is 0 Å². The Kier molecular flexibility index (Phi) is 10.9. The lowest BCUT2D eigenvalue weighted by atomic mass is 10.1. The molecule has 1 N–H and O–H groups in total. The zero-order valence-electron chi connectivity index (χ0n) is 12.5. The molecule has 0 bridgehead atoms. The Bertz CT molecular complexity index is 162. The lowest BCUT2D eigenvalue weighted by Crippen LogP contribution is -2.42. The maximum atomic E-state index is 5.31. The van der Waals surface area contributed by atoms with Gasteiger partial charge in [0, 0.05) is 32.3 Å². The first-order valence-electron chi connectivity index (χ1n) is 7.14. The van der Waals surface area contributed by atoms with Crippen LogP contribution in [0, 0.1) is 5.92 Å². The van der Waals surface area contributed by atoms with E-state index in [9.17, 15) is 0 Å². The summed E-state index contributed by atoms with van der Waals surface area (Å²) in [5.74, 6) is 0.746. The van der Waals surface area contributed by atoms with Crippen molar-refractivity contribution in [2.24, 2.45) is 5.92 Å². The van der Waals surface area contributed by atoms with Gasteiger partial charge in [-0.2, -0.15) is 0 Å². The first-order valence-corrected chi connectivity index (χ1v) is 7.14. The summed E-state index contributed by atoms with van der Waals surface area (Å²) in [6.45, 7) is 17.3. The van der Waals surface area contributed by atoms with Crippen molar-refractivity contribution in [1.82, 2.24) is 10.2 Å². The van der Waals surface area contributed by atoms with Gasteiger partial charge in [-0.1, -0.05) is 20.8 Å². The minimum atomic E-state index is 0.620. The van der Waals surface area contributed by atoms with Crippen molar-refractivity contribution in [3.05, 3.63) is 0 Å². The summed E-state index contributed by atoms with van der Waals surface area (Å²) >= 11 is 0. The van der Waals surface area contributed by atoms with Gasteiger partial charge in [-0.05, 0) is 39.3 Å². The van der Waals surface area contributed by atoms with Crippen LogP contribution in [0.2, 0.25) is 0 Å². The molecular formula is C14H32N2O. The molecule has 0 fully saturated rings. The van der Waals surface area contributed by atoms with Crippen LogP contribution in [0.4, 0.5) is 0 Å². The maximum Gasteiger partial charge on any atom is 0.0477 e. The van der Waals surface area contributed by atoms with E-state index in [0.717, 1.165) is 45.2 Å². The molecule has 3 heteroatoms. The maximum absolute atomic E-state index is 5.31. The molecule has 0 saturated heterocycles.